The first kappa shape index (κ1) is 13.5. The highest BCUT2D eigenvalue weighted by molar-refractivity contribution is 7.87. The molecule has 1 aliphatic rings. The van der Waals surface area contributed by atoms with Crippen LogP contribution >= 0.6 is 0 Å². The molecule has 0 bridgehead atoms. The Kier molecular flexibility index (Phi) is 4.00. The predicted molar refractivity (Wildman–Crippen MR) is 68.0 cm³/mol. The van der Waals surface area contributed by atoms with Crippen LogP contribution in [0.3, 0.4) is 0 Å². The summed E-state index contributed by atoms with van der Waals surface area (Å²) in [5.41, 5.74) is 1.88. The summed E-state index contributed by atoms with van der Waals surface area (Å²) in [4.78, 5) is 0. The lowest BCUT2D eigenvalue weighted by Gasteiger charge is -2.14. The topological polar surface area (TPSA) is 79.3 Å². The Morgan fingerprint density at radius 1 is 1.61 bits per heavy atom. The largest absolute Gasteiger partial charge is 0.311 e. The minimum Gasteiger partial charge on any atom is -0.311 e. The van der Waals surface area contributed by atoms with Crippen molar-refractivity contribution in [3.63, 3.8) is 0 Å². The second kappa shape index (κ2) is 5.35. The highest BCUT2D eigenvalue weighted by Crippen LogP contribution is 2.11. The molecule has 0 spiro atoms. The Balaban J connectivity index is 2.11. The molecule has 2 N–H and O–H groups in total. The van der Waals surface area contributed by atoms with E-state index in [0.29, 0.717) is 0 Å². The van der Waals surface area contributed by atoms with E-state index in [1.807, 2.05) is 10.7 Å². The van der Waals surface area contributed by atoms with Crippen LogP contribution in [0, 0.1) is 0 Å². The zero-order valence-electron chi connectivity index (χ0n) is 10.7. The average molecular weight is 273 g/mol. The van der Waals surface area contributed by atoms with E-state index in [2.05, 4.69) is 15.1 Å². The zero-order valence-corrected chi connectivity index (χ0v) is 11.5. The smallest absolute Gasteiger partial charge is 0.279 e. The van der Waals surface area contributed by atoms with E-state index in [4.69, 9.17) is 0 Å². The minimum absolute atomic E-state index is 0.281. The number of rotatable bonds is 4. The first-order valence-corrected chi connectivity index (χ1v) is 7.38. The normalized spacial score (nSPS) is 16.6. The van der Waals surface area contributed by atoms with Crippen molar-refractivity contribution in [2.75, 3.05) is 20.6 Å². The van der Waals surface area contributed by atoms with Crippen LogP contribution in [-0.2, 0) is 29.8 Å². The van der Waals surface area contributed by atoms with Gasteiger partial charge in [-0.15, -0.1) is 0 Å². The molecular weight excluding hydrogens is 254 g/mol. The van der Waals surface area contributed by atoms with E-state index in [0.717, 1.165) is 37.4 Å². The van der Waals surface area contributed by atoms with Crippen molar-refractivity contribution in [2.45, 2.75) is 26.1 Å². The van der Waals surface area contributed by atoms with Gasteiger partial charge in [0.15, 0.2) is 0 Å². The second-order valence-corrected chi connectivity index (χ2v) is 6.33. The van der Waals surface area contributed by atoms with Gasteiger partial charge in [-0.3, -0.25) is 4.68 Å². The van der Waals surface area contributed by atoms with Crippen LogP contribution in [0.5, 0.6) is 0 Å². The van der Waals surface area contributed by atoms with Crippen molar-refractivity contribution in [2.24, 2.45) is 0 Å². The fourth-order valence-corrected chi connectivity index (χ4v) is 2.58. The van der Waals surface area contributed by atoms with E-state index >= 15 is 0 Å². The monoisotopic (exact) mass is 273 g/mol. The van der Waals surface area contributed by atoms with E-state index in [1.165, 1.54) is 18.4 Å². The van der Waals surface area contributed by atoms with Gasteiger partial charge in [0.25, 0.3) is 10.2 Å². The fraction of sp³-hybridized carbons (Fsp3) is 0.700. The second-order valence-electron chi connectivity index (χ2n) is 4.35. The third-order valence-electron chi connectivity index (χ3n) is 3.00. The molecule has 18 heavy (non-hydrogen) atoms. The molecule has 0 atom stereocenters. The lowest BCUT2D eigenvalue weighted by atomic mass is 10.3. The van der Waals surface area contributed by atoms with Gasteiger partial charge in [-0.25, -0.2) is 4.72 Å². The fourth-order valence-electron chi connectivity index (χ4n) is 1.97. The molecule has 102 valence electrons. The maximum absolute atomic E-state index is 11.6. The van der Waals surface area contributed by atoms with Gasteiger partial charge in [-0.2, -0.15) is 17.8 Å². The van der Waals surface area contributed by atoms with E-state index in [9.17, 15) is 8.42 Å². The summed E-state index contributed by atoms with van der Waals surface area (Å²) in [6, 6.07) is 1.96. The SMILES string of the molecule is CNS(=O)(=O)N(C)Cc1cc2n(n1)CCCNC2. The van der Waals surface area contributed by atoms with E-state index < -0.39 is 10.2 Å². The summed E-state index contributed by atoms with van der Waals surface area (Å²) in [5.74, 6) is 0. The van der Waals surface area contributed by atoms with Gasteiger partial charge < -0.3 is 5.32 Å². The van der Waals surface area contributed by atoms with Gasteiger partial charge in [0, 0.05) is 27.2 Å². The summed E-state index contributed by atoms with van der Waals surface area (Å²) < 4.78 is 28.6. The molecule has 2 rings (SSSR count). The van der Waals surface area contributed by atoms with Crippen LogP contribution in [0.2, 0.25) is 0 Å². The minimum atomic E-state index is -3.39. The van der Waals surface area contributed by atoms with Gasteiger partial charge >= 0.3 is 0 Å². The molecule has 7 nitrogen and oxygen atoms in total. The van der Waals surface area contributed by atoms with Crippen LogP contribution < -0.4 is 10.0 Å². The quantitative estimate of drug-likeness (QED) is 0.758. The van der Waals surface area contributed by atoms with Crippen LogP contribution in [-0.4, -0.2) is 43.1 Å². The molecular formula is C10H19N5O2S. The molecule has 1 aliphatic heterocycles. The number of hydrogen-bond acceptors (Lipinski definition) is 4. The molecule has 0 saturated carbocycles. The molecule has 0 saturated heterocycles. The lowest BCUT2D eigenvalue weighted by molar-refractivity contribution is 0.450. The third-order valence-corrected chi connectivity index (χ3v) is 4.46. The number of nitrogens with zero attached hydrogens (tertiary/aromatic N) is 3. The van der Waals surface area contributed by atoms with Crippen molar-refractivity contribution in [1.82, 2.24) is 24.1 Å². The Bertz CT molecular complexity index is 487. The Labute approximate surface area is 107 Å². The van der Waals surface area contributed by atoms with Crippen molar-refractivity contribution in [1.29, 1.82) is 0 Å². The van der Waals surface area contributed by atoms with Gasteiger partial charge in [0.05, 0.1) is 17.9 Å². The summed E-state index contributed by atoms with van der Waals surface area (Å²) in [5, 5.41) is 7.75. The summed E-state index contributed by atoms with van der Waals surface area (Å²) in [7, 11) is -0.449. The van der Waals surface area contributed by atoms with Crippen molar-refractivity contribution in [3.8, 4) is 0 Å². The number of nitrogens with one attached hydrogen (secondary N) is 2. The third kappa shape index (κ3) is 2.89. The number of aryl methyl sites for hydroxylation is 1. The van der Waals surface area contributed by atoms with Crippen LogP contribution in [0.1, 0.15) is 17.8 Å². The summed E-state index contributed by atoms with van der Waals surface area (Å²) in [6.07, 6.45) is 1.04. The van der Waals surface area contributed by atoms with Gasteiger partial charge in [-0.1, -0.05) is 0 Å². The lowest BCUT2D eigenvalue weighted by Crippen LogP contribution is -2.35. The Morgan fingerprint density at radius 2 is 2.39 bits per heavy atom. The molecule has 0 amide bonds. The van der Waals surface area contributed by atoms with Gasteiger partial charge in [0.2, 0.25) is 0 Å². The van der Waals surface area contributed by atoms with Gasteiger partial charge in [-0.05, 0) is 19.0 Å². The number of hydrogen-bond donors (Lipinski definition) is 2. The van der Waals surface area contributed by atoms with Crippen LogP contribution in [0.25, 0.3) is 0 Å². The molecule has 0 fully saturated rings. The van der Waals surface area contributed by atoms with E-state index in [-0.39, 0.29) is 6.54 Å². The Morgan fingerprint density at radius 3 is 3.11 bits per heavy atom. The first-order chi connectivity index (χ1) is 8.53. The van der Waals surface area contributed by atoms with Crippen LogP contribution in [0.15, 0.2) is 6.07 Å². The highest BCUT2D eigenvalue weighted by atomic mass is 32.2. The standard InChI is InChI=1S/C10H19N5O2S/c1-11-18(16,17)14(2)8-9-6-10-7-12-4-3-5-15(10)13-9/h6,11-12H,3-5,7-8H2,1-2H3. The number of aromatic nitrogens is 2. The number of fused-ring (bicyclic) bond motifs is 1. The van der Waals surface area contributed by atoms with Crippen molar-refractivity contribution in [3.05, 3.63) is 17.5 Å². The maximum atomic E-state index is 11.6. The summed E-state index contributed by atoms with van der Waals surface area (Å²) >= 11 is 0. The maximum Gasteiger partial charge on any atom is 0.279 e. The molecule has 1 aromatic rings. The molecule has 2 heterocycles. The summed E-state index contributed by atoms with van der Waals surface area (Å²) in [6.45, 7) is 2.94. The molecule has 0 radical (unpaired) electrons. The average Bonchev–Trinajstić information content (AvgIpc) is 2.58. The highest BCUT2D eigenvalue weighted by Gasteiger charge is 2.18. The van der Waals surface area contributed by atoms with Crippen molar-refractivity contribution < 1.29 is 8.42 Å². The van der Waals surface area contributed by atoms with Gasteiger partial charge in [0.1, 0.15) is 0 Å². The molecule has 0 unspecified atom stereocenters. The molecule has 1 aromatic heterocycles. The van der Waals surface area contributed by atoms with Crippen LogP contribution in [0.4, 0.5) is 0 Å². The predicted octanol–water partition coefficient (Wildman–Crippen LogP) is -0.728. The van der Waals surface area contributed by atoms with E-state index in [1.54, 1.807) is 0 Å². The Hall–Kier alpha value is -0.960. The first-order valence-electron chi connectivity index (χ1n) is 5.94. The zero-order chi connectivity index (χ0) is 13.2. The van der Waals surface area contributed by atoms with Crippen molar-refractivity contribution >= 4 is 10.2 Å². The molecule has 8 heteroatoms. The molecule has 0 aliphatic carbocycles. The molecule has 0 aromatic carbocycles.